The third-order valence-electron chi connectivity index (χ3n) is 2.64. The van der Waals surface area contributed by atoms with Gasteiger partial charge in [-0.05, 0) is 36.8 Å². The molecule has 0 aliphatic rings. The lowest BCUT2D eigenvalue weighted by Gasteiger charge is -2.05. The highest BCUT2D eigenvalue weighted by atomic mass is 16.5. The van der Waals surface area contributed by atoms with Crippen molar-refractivity contribution >= 4 is 5.91 Å². The van der Waals surface area contributed by atoms with Gasteiger partial charge in [-0.1, -0.05) is 12.1 Å². The van der Waals surface area contributed by atoms with Gasteiger partial charge in [-0.25, -0.2) is 0 Å². The second kappa shape index (κ2) is 5.95. The number of rotatable bonds is 4. The molecule has 2 aromatic rings. The molecule has 0 bridgehead atoms. The maximum absolute atomic E-state index is 11.8. The fourth-order valence-electron chi connectivity index (χ4n) is 1.54. The van der Waals surface area contributed by atoms with E-state index in [1.807, 2.05) is 31.2 Å². The summed E-state index contributed by atoms with van der Waals surface area (Å²) in [6.45, 7) is 2.27. The fraction of sp³-hybridized carbons (Fsp3) is 0.214. The van der Waals surface area contributed by atoms with Crippen molar-refractivity contribution in [2.75, 3.05) is 7.11 Å². The van der Waals surface area contributed by atoms with E-state index in [0.717, 1.165) is 17.0 Å². The van der Waals surface area contributed by atoms with Crippen LogP contribution < -0.4 is 10.1 Å². The highest BCUT2D eigenvalue weighted by Gasteiger charge is 2.07. The molecule has 1 aromatic heterocycles. The standard InChI is InChI=1S/C14H15N3O2/c1-10-3-8-13(17-16-10)14(18)15-9-11-4-6-12(19-2)7-5-11/h3-8H,9H2,1-2H3,(H,15,18). The number of hydrogen-bond donors (Lipinski definition) is 1. The molecule has 0 radical (unpaired) electrons. The summed E-state index contributed by atoms with van der Waals surface area (Å²) in [7, 11) is 1.62. The van der Waals surface area contributed by atoms with Crippen LogP contribution in [0.25, 0.3) is 0 Å². The molecular formula is C14H15N3O2. The Kier molecular flexibility index (Phi) is 4.07. The minimum Gasteiger partial charge on any atom is -0.497 e. The van der Waals surface area contributed by atoms with Crippen molar-refractivity contribution in [3.05, 3.63) is 53.3 Å². The van der Waals surface area contributed by atoms with Crippen molar-refractivity contribution in [1.82, 2.24) is 15.5 Å². The smallest absolute Gasteiger partial charge is 0.272 e. The summed E-state index contributed by atoms with van der Waals surface area (Å²) in [4.78, 5) is 11.8. The summed E-state index contributed by atoms with van der Waals surface area (Å²) in [5.74, 6) is 0.558. The quantitative estimate of drug-likeness (QED) is 0.905. The first-order chi connectivity index (χ1) is 9.19. The first-order valence-electron chi connectivity index (χ1n) is 5.90. The number of benzene rings is 1. The minimum atomic E-state index is -0.233. The molecule has 0 unspecified atom stereocenters. The number of ether oxygens (including phenoxy) is 1. The van der Waals surface area contributed by atoms with Gasteiger partial charge in [-0.15, -0.1) is 5.10 Å². The van der Waals surface area contributed by atoms with E-state index in [4.69, 9.17) is 4.74 Å². The maximum atomic E-state index is 11.8. The monoisotopic (exact) mass is 257 g/mol. The van der Waals surface area contributed by atoms with Crippen molar-refractivity contribution in [2.24, 2.45) is 0 Å². The van der Waals surface area contributed by atoms with E-state index in [2.05, 4.69) is 15.5 Å². The molecule has 0 fully saturated rings. The van der Waals surface area contributed by atoms with E-state index < -0.39 is 0 Å². The first-order valence-corrected chi connectivity index (χ1v) is 5.90. The van der Waals surface area contributed by atoms with Gasteiger partial charge in [0.05, 0.1) is 12.8 Å². The molecule has 2 rings (SSSR count). The Morgan fingerprint density at radius 1 is 1.16 bits per heavy atom. The molecule has 0 saturated carbocycles. The molecule has 1 aromatic carbocycles. The van der Waals surface area contributed by atoms with E-state index in [1.165, 1.54) is 0 Å². The van der Waals surface area contributed by atoms with Gasteiger partial charge < -0.3 is 10.1 Å². The minimum absolute atomic E-state index is 0.233. The van der Waals surface area contributed by atoms with Crippen molar-refractivity contribution in [2.45, 2.75) is 13.5 Å². The number of aromatic nitrogens is 2. The van der Waals surface area contributed by atoms with Crippen LogP contribution in [-0.2, 0) is 6.54 Å². The lowest BCUT2D eigenvalue weighted by atomic mass is 10.2. The van der Waals surface area contributed by atoms with E-state index in [9.17, 15) is 4.79 Å². The average Bonchev–Trinajstić information content (AvgIpc) is 2.46. The average molecular weight is 257 g/mol. The zero-order valence-corrected chi connectivity index (χ0v) is 10.9. The Morgan fingerprint density at radius 2 is 1.89 bits per heavy atom. The van der Waals surface area contributed by atoms with E-state index in [1.54, 1.807) is 19.2 Å². The predicted octanol–water partition coefficient (Wildman–Crippen LogP) is 1.72. The van der Waals surface area contributed by atoms with Crippen LogP contribution in [0.1, 0.15) is 21.7 Å². The fourth-order valence-corrected chi connectivity index (χ4v) is 1.54. The SMILES string of the molecule is COc1ccc(CNC(=O)c2ccc(C)nn2)cc1. The van der Waals surface area contributed by atoms with Gasteiger partial charge in [0, 0.05) is 6.54 Å². The molecular weight excluding hydrogens is 242 g/mol. The third kappa shape index (κ3) is 3.51. The number of aryl methyl sites for hydroxylation is 1. The molecule has 0 atom stereocenters. The summed E-state index contributed by atoms with van der Waals surface area (Å²) in [6.07, 6.45) is 0. The predicted molar refractivity (Wildman–Crippen MR) is 70.9 cm³/mol. The van der Waals surface area contributed by atoms with Crippen LogP contribution >= 0.6 is 0 Å². The molecule has 5 heteroatoms. The van der Waals surface area contributed by atoms with E-state index in [-0.39, 0.29) is 5.91 Å². The Hall–Kier alpha value is -2.43. The summed E-state index contributed by atoms with van der Waals surface area (Å²) in [5, 5.41) is 10.5. The Bertz CT molecular complexity index is 550. The Morgan fingerprint density at radius 3 is 2.47 bits per heavy atom. The van der Waals surface area contributed by atoms with Crippen LogP contribution in [0.4, 0.5) is 0 Å². The summed E-state index contributed by atoms with van der Waals surface area (Å²) >= 11 is 0. The number of amides is 1. The van der Waals surface area contributed by atoms with E-state index >= 15 is 0 Å². The summed E-state index contributed by atoms with van der Waals surface area (Å²) in [6, 6.07) is 10.9. The zero-order valence-electron chi connectivity index (χ0n) is 10.9. The van der Waals surface area contributed by atoms with Crippen molar-refractivity contribution in [1.29, 1.82) is 0 Å². The normalized spacial score (nSPS) is 10.0. The maximum Gasteiger partial charge on any atom is 0.272 e. The Labute approximate surface area is 111 Å². The van der Waals surface area contributed by atoms with Gasteiger partial charge in [0.1, 0.15) is 5.75 Å². The molecule has 98 valence electrons. The molecule has 1 amide bonds. The van der Waals surface area contributed by atoms with Gasteiger partial charge in [0.25, 0.3) is 5.91 Å². The summed E-state index contributed by atoms with van der Waals surface area (Å²) in [5.41, 5.74) is 2.10. The van der Waals surface area contributed by atoms with Gasteiger partial charge >= 0.3 is 0 Å². The second-order valence-electron chi connectivity index (χ2n) is 4.09. The molecule has 1 heterocycles. The summed E-state index contributed by atoms with van der Waals surface area (Å²) < 4.78 is 5.07. The van der Waals surface area contributed by atoms with Crippen LogP contribution in [0.15, 0.2) is 36.4 Å². The highest BCUT2D eigenvalue weighted by molar-refractivity contribution is 5.91. The van der Waals surface area contributed by atoms with Gasteiger partial charge in [-0.3, -0.25) is 4.79 Å². The largest absolute Gasteiger partial charge is 0.497 e. The number of nitrogens with zero attached hydrogens (tertiary/aromatic N) is 2. The zero-order chi connectivity index (χ0) is 13.7. The van der Waals surface area contributed by atoms with Gasteiger partial charge in [0.2, 0.25) is 0 Å². The van der Waals surface area contributed by atoms with E-state index in [0.29, 0.717) is 12.2 Å². The van der Waals surface area contributed by atoms with Gasteiger partial charge in [-0.2, -0.15) is 5.10 Å². The Balaban J connectivity index is 1.94. The van der Waals surface area contributed by atoms with Crippen molar-refractivity contribution in [3.63, 3.8) is 0 Å². The van der Waals surface area contributed by atoms with Crippen LogP contribution in [0.2, 0.25) is 0 Å². The van der Waals surface area contributed by atoms with Crippen LogP contribution in [0.5, 0.6) is 5.75 Å². The van der Waals surface area contributed by atoms with Crippen LogP contribution in [0.3, 0.4) is 0 Å². The number of carbonyl (C=O) groups is 1. The molecule has 19 heavy (non-hydrogen) atoms. The topological polar surface area (TPSA) is 64.1 Å². The molecule has 0 aliphatic heterocycles. The van der Waals surface area contributed by atoms with Crippen molar-refractivity contribution in [3.8, 4) is 5.75 Å². The number of hydrogen-bond acceptors (Lipinski definition) is 4. The highest BCUT2D eigenvalue weighted by Crippen LogP contribution is 2.11. The van der Waals surface area contributed by atoms with Crippen LogP contribution in [-0.4, -0.2) is 23.2 Å². The molecule has 1 N–H and O–H groups in total. The number of carbonyl (C=O) groups excluding carboxylic acids is 1. The third-order valence-corrected chi connectivity index (χ3v) is 2.64. The molecule has 0 saturated heterocycles. The lowest BCUT2D eigenvalue weighted by Crippen LogP contribution is -2.24. The first kappa shape index (κ1) is 13.0. The number of nitrogens with one attached hydrogen (secondary N) is 1. The molecule has 0 aliphatic carbocycles. The van der Waals surface area contributed by atoms with Crippen molar-refractivity contribution < 1.29 is 9.53 Å². The number of methoxy groups -OCH3 is 1. The molecule has 5 nitrogen and oxygen atoms in total. The lowest BCUT2D eigenvalue weighted by molar-refractivity contribution is 0.0945. The van der Waals surface area contributed by atoms with Crippen LogP contribution in [0, 0.1) is 6.92 Å². The van der Waals surface area contributed by atoms with Gasteiger partial charge in [0.15, 0.2) is 5.69 Å². The molecule has 0 spiro atoms. The second-order valence-corrected chi connectivity index (χ2v) is 4.09.